The van der Waals surface area contributed by atoms with Crippen LogP contribution in [0.15, 0.2) is 24.3 Å². The fourth-order valence-electron chi connectivity index (χ4n) is 5.04. The Bertz CT molecular complexity index is 971. The number of amides is 4. The van der Waals surface area contributed by atoms with Crippen molar-refractivity contribution in [2.24, 2.45) is 11.3 Å². The van der Waals surface area contributed by atoms with Gasteiger partial charge in [-0.25, -0.2) is 4.79 Å². The van der Waals surface area contributed by atoms with E-state index in [1.807, 2.05) is 0 Å². The van der Waals surface area contributed by atoms with Crippen LogP contribution in [0.2, 0.25) is 0 Å². The zero-order valence-corrected chi connectivity index (χ0v) is 19.5. The van der Waals surface area contributed by atoms with Crippen LogP contribution in [0.3, 0.4) is 0 Å². The van der Waals surface area contributed by atoms with Gasteiger partial charge in [0.15, 0.2) is 12.4 Å². The van der Waals surface area contributed by atoms with Gasteiger partial charge >= 0.3 is 12.0 Å². The Balaban J connectivity index is 1.55. The Labute approximate surface area is 193 Å². The Kier molecular flexibility index (Phi) is 6.90. The summed E-state index contributed by atoms with van der Waals surface area (Å²) in [7, 11) is 0. The molecule has 2 N–H and O–H groups in total. The molecule has 0 radical (unpaired) electrons. The third kappa shape index (κ3) is 5.58. The molecule has 1 aromatic rings. The number of ketones is 1. The molecule has 1 heterocycles. The van der Waals surface area contributed by atoms with E-state index in [0.29, 0.717) is 30.5 Å². The molecule has 2 atom stereocenters. The van der Waals surface area contributed by atoms with Crippen LogP contribution in [-0.4, -0.2) is 53.2 Å². The average Bonchev–Trinajstić information content (AvgIpc) is 2.94. The second kappa shape index (κ2) is 9.33. The van der Waals surface area contributed by atoms with E-state index in [4.69, 9.17) is 4.74 Å². The molecule has 3 rings (SSSR count). The first-order chi connectivity index (χ1) is 15.4. The average molecular weight is 458 g/mol. The maximum absolute atomic E-state index is 13.1. The molecule has 178 valence electrons. The highest BCUT2D eigenvalue weighted by molar-refractivity contribution is 6.09. The first-order valence-electron chi connectivity index (χ1n) is 11.2. The molecular weight excluding hydrogens is 426 g/mol. The van der Waals surface area contributed by atoms with Crippen molar-refractivity contribution in [1.29, 1.82) is 0 Å². The number of hydrogen-bond acceptors (Lipinski definition) is 6. The van der Waals surface area contributed by atoms with E-state index in [1.54, 1.807) is 19.1 Å². The number of carbonyl (C=O) groups excluding carboxylic acids is 5. The highest BCUT2D eigenvalue weighted by Crippen LogP contribution is 2.46. The SMILES string of the molecule is CCC(=O)Nc1ccc(C(=O)COC(=O)CN2C(=O)NC3(CC(C)CC(C)(C)C3)C2=O)cc1. The summed E-state index contributed by atoms with van der Waals surface area (Å²) in [5.74, 6) is -1.58. The van der Waals surface area contributed by atoms with Gasteiger partial charge < -0.3 is 15.4 Å². The van der Waals surface area contributed by atoms with Crippen LogP contribution in [0.1, 0.15) is 63.7 Å². The second-order valence-corrected chi connectivity index (χ2v) is 9.82. The minimum atomic E-state index is -0.997. The molecule has 1 aliphatic carbocycles. The van der Waals surface area contributed by atoms with E-state index >= 15 is 0 Å². The number of carbonyl (C=O) groups is 5. The molecule has 4 amide bonds. The predicted octanol–water partition coefficient (Wildman–Crippen LogP) is 2.90. The lowest BCUT2D eigenvalue weighted by Crippen LogP contribution is -2.54. The van der Waals surface area contributed by atoms with Gasteiger partial charge in [-0.3, -0.25) is 24.1 Å². The third-order valence-electron chi connectivity index (χ3n) is 6.09. The van der Waals surface area contributed by atoms with Crippen molar-refractivity contribution in [2.75, 3.05) is 18.5 Å². The highest BCUT2D eigenvalue weighted by atomic mass is 16.5. The molecule has 0 aromatic heterocycles. The summed E-state index contributed by atoms with van der Waals surface area (Å²) >= 11 is 0. The van der Waals surface area contributed by atoms with Crippen LogP contribution in [0.4, 0.5) is 10.5 Å². The van der Waals surface area contributed by atoms with Gasteiger partial charge in [-0.1, -0.05) is 27.7 Å². The first kappa shape index (κ1) is 24.4. The number of ether oxygens (including phenoxy) is 1. The number of rotatable bonds is 7. The molecule has 9 nitrogen and oxygen atoms in total. The van der Waals surface area contributed by atoms with E-state index in [2.05, 4.69) is 31.4 Å². The number of anilines is 1. The summed E-state index contributed by atoms with van der Waals surface area (Å²) in [6.45, 7) is 6.86. The Morgan fingerprint density at radius 2 is 1.82 bits per heavy atom. The van der Waals surface area contributed by atoms with Crippen LogP contribution in [0, 0.1) is 11.3 Å². The van der Waals surface area contributed by atoms with Crippen molar-refractivity contribution in [3.8, 4) is 0 Å². The highest BCUT2D eigenvalue weighted by Gasteiger charge is 2.56. The Morgan fingerprint density at radius 3 is 2.42 bits per heavy atom. The van der Waals surface area contributed by atoms with Crippen molar-refractivity contribution in [3.63, 3.8) is 0 Å². The summed E-state index contributed by atoms with van der Waals surface area (Å²) in [4.78, 5) is 62.5. The molecule has 2 fully saturated rings. The van der Waals surface area contributed by atoms with Crippen molar-refractivity contribution in [2.45, 2.75) is 58.9 Å². The lowest BCUT2D eigenvalue weighted by Gasteiger charge is -2.43. The van der Waals surface area contributed by atoms with Crippen molar-refractivity contribution >= 4 is 35.3 Å². The summed E-state index contributed by atoms with van der Waals surface area (Å²) < 4.78 is 5.03. The molecule has 2 unspecified atom stereocenters. The fraction of sp³-hybridized carbons (Fsp3) is 0.542. The Morgan fingerprint density at radius 1 is 1.15 bits per heavy atom. The van der Waals surface area contributed by atoms with E-state index < -0.39 is 42.4 Å². The van der Waals surface area contributed by atoms with Crippen LogP contribution < -0.4 is 10.6 Å². The lowest BCUT2D eigenvalue weighted by molar-refractivity contribution is -0.147. The minimum Gasteiger partial charge on any atom is -0.456 e. The lowest BCUT2D eigenvalue weighted by atomic mass is 9.64. The van der Waals surface area contributed by atoms with Gasteiger partial charge in [0.2, 0.25) is 5.91 Å². The van der Waals surface area contributed by atoms with Gasteiger partial charge in [-0.15, -0.1) is 0 Å². The van der Waals surface area contributed by atoms with Crippen molar-refractivity contribution in [3.05, 3.63) is 29.8 Å². The van der Waals surface area contributed by atoms with Gasteiger partial charge in [0, 0.05) is 17.7 Å². The molecule has 1 saturated carbocycles. The molecule has 9 heteroatoms. The normalized spacial score (nSPS) is 23.9. The standard InChI is InChI=1S/C24H31N3O6/c1-5-19(29)25-17-8-6-16(7-9-17)18(28)13-33-20(30)12-27-21(31)24(26-22(27)32)11-15(2)10-23(3,4)14-24/h6-9,15H,5,10-14H2,1-4H3,(H,25,29)(H,26,32). The number of urea groups is 1. The molecule has 33 heavy (non-hydrogen) atoms. The van der Waals surface area contributed by atoms with E-state index in [-0.39, 0.29) is 17.2 Å². The third-order valence-corrected chi connectivity index (χ3v) is 6.09. The largest absolute Gasteiger partial charge is 0.456 e. The van der Waals surface area contributed by atoms with E-state index in [9.17, 15) is 24.0 Å². The zero-order chi connectivity index (χ0) is 24.4. The van der Waals surface area contributed by atoms with Crippen molar-refractivity contribution < 1.29 is 28.7 Å². The molecular formula is C24H31N3O6. The monoisotopic (exact) mass is 457 g/mol. The molecule has 1 spiro atoms. The number of nitrogens with zero attached hydrogens (tertiary/aromatic N) is 1. The fourth-order valence-corrected chi connectivity index (χ4v) is 5.04. The zero-order valence-electron chi connectivity index (χ0n) is 19.5. The van der Waals surface area contributed by atoms with Gasteiger partial charge in [0.1, 0.15) is 12.1 Å². The smallest absolute Gasteiger partial charge is 0.326 e. The Hall–Kier alpha value is -3.23. The summed E-state index contributed by atoms with van der Waals surface area (Å²) in [6, 6.07) is 5.60. The van der Waals surface area contributed by atoms with Crippen LogP contribution in [-0.2, 0) is 19.1 Å². The maximum atomic E-state index is 13.1. The summed E-state index contributed by atoms with van der Waals surface area (Å²) in [6.07, 6.45) is 2.33. The maximum Gasteiger partial charge on any atom is 0.326 e. The van der Waals surface area contributed by atoms with Crippen LogP contribution in [0.5, 0.6) is 0 Å². The van der Waals surface area contributed by atoms with E-state index in [1.165, 1.54) is 12.1 Å². The number of nitrogens with one attached hydrogen (secondary N) is 2. The second-order valence-electron chi connectivity index (χ2n) is 9.82. The molecule has 1 aliphatic heterocycles. The van der Waals surface area contributed by atoms with Crippen LogP contribution in [0.25, 0.3) is 0 Å². The molecule has 0 bridgehead atoms. The van der Waals surface area contributed by atoms with Gasteiger partial charge in [-0.2, -0.15) is 0 Å². The summed E-state index contributed by atoms with van der Waals surface area (Å²) in [5, 5.41) is 5.48. The first-order valence-corrected chi connectivity index (χ1v) is 11.2. The number of Topliss-reactive ketones (excluding diaryl/α,β-unsaturated/α-hetero) is 1. The number of imide groups is 1. The van der Waals surface area contributed by atoms with Crippen molar-refractivity contribution in [1.82, 2.24) is 10.2 Å². The summed E-state index contributed by atoms with van der Waals surface area (Å²) in [5.41, 5.74) is -0.241. The minimum absolute atomic E-state index is 0.113. The number of benzene rings is 1. The number of esters is 1. The predicted molar refractivity (Wildman–Crippen MR) is 120 cm³/mol. The topological polar surface area (TPSA) is 122 Å². The van der Waals surface area contributed by atoms with Crippen LogP contribution >= 0.6 is 0 Å². The number of hydrogen-bond donors (Lipinski definition) is 2. The van der Waals surface area contributed by atoms with Gasteiger partial charge in [-0.05, 0) is 54.9 Å². The van der Waals surface area contributed by atoms with Gasteiger partial charge in [0.25, 0.3) is 5.91 Å². The van der Waals surface area contributed by atoms with E-state index in [0.717, 1.165) is 11.3 Å². The molecule has 1 saturated heterocycles. The van der Waals surface area contributed by atoms with Gasteiger partial charge in [0.05, 0.1) is 0 Å². The molecule has 2 aliphatic rings. The quantitative estimate of drug-likeness (QED) is 0.369. The molecule has 1 aromatic carbocycles.